The Morgan fingerprint density at radius 2 is 1.56 bits per heavy atom. The number of rotatable bonds is 18. The molecule has 0 aromatic rings. The van der Waals surface area contributed by atoms with E-state index in [1.54, 1.807) is 6.92 Å². The number of carbonyl (C=O) groups excluding carboxylic acids is 6. The number of carbonyl (C=O) groups is 6. The fourth-order valence-electron chi connectivity index (χ4n) is 4.51. The molecule has 0 aromatic carbocycles. The van der Waals surface area contributed by atoms with E-state index in [0.29, 0.717) is 32.4 Å². The molecule has 1 saturated heterocycles. The highest BCUT2D eigenvalue weighted by molar-refractivity contribution is 6.13. The van der Waals surface area contributed by atoms with Crippen LogP contribution >= 0.6 is 0 Å². The van der Waals surface area contributed by atoms with Gasteiger partial charge >= 0.3 is 0 Å². The van der Waals surface area contributed by atoms with Gasteiger partial charge in [0.15, 0.2) is 0 Å². The van der Waals surface area contributed by atoms with Crippen LogP contribution in [0.25, 0.3) is 0 Å². The van der Waals surface area contributed by atoms with Gasteiger partial charge < -0.3 is 26.0 Å². The molecular weight excluding hydrogens is 506 g/mol. The highest BCUT2D eigenvalue weighted by atomic mass is 16.3. The maximum Gasteiger partial charge on any atom is 0.253 e. The standard InChI is InChI=1S/C27H43N5O7/c1-3-4-5-7-15-29-26(38)20(30-22(34)13-17-32-25(37)18-19(2)27(32)39)9-6-8-14-28-21(33)12-16-31-23(35)10-11-24(31)36/h10-11,19-20,27,39H,3-9,12-18H2,1-2H3,(H,28,33)(H,29,38)(H,30,34)/t19?,20-,27?/m0/s1. The van der Waals surface area contributed by atoms with Gasteiger partial charge in [-0.15, -0.1) is 0 Å². The highest BCUT2D eigenvalue weighted by Crippen LogP contribution is 2.23. The fourth-order valence-corrected chi connectivity index (χ4v) is 4.51. The van der Waals surface area contributed by atoms with Crippen molar-refractivity contribution in [3.63, 3.8) is 0 Å². The van der Waals surface area contributed by atoms with E-state index in [4.69, 9.17) is 0 Å². The number of aliphatic hydroxyl groups excluding tert-OH is 1. The molecular formula is C27H43N5O7. The summed E-state index contributed by atoms with van der Waals surface area (Å²) < 4.78 is 0. The Bertz CT molecular complexity index is 904. The van der Waals surface area contributed by atoms with Gasteiger partial charge in [0.25, 0.3) is 11.8 Å². The lowest BCUT2D eigenvalue weighted by Crippen LogP contribution is -2.48. The van der Waals surface area contributed by atoms with Gasteiger partial charge in [-0.2, -0.15) is 0 Å². The third kappa shape index (κ3) is 10.8. The van der Waals surface area contributed by atoms with Gasteiger partial charge in [-0.3, -0.25) is 33.7 Å². The minimum atomic E-state index is -0.907. The second-order valence-electron chi connectivity index (χ2n) is 10.2. The van der Waals surface area contributed by atoms with Gasteiger partial charge in [0.05, 0.1) is 0 Å². The summed E-state index contributed by atoms with van der Waals surface area (Å²) in [5.41, 5.74) is 0. The molecule has 39 heavy (non-hydrogen) atoms. The van der Waals surface area contributed by atoms with Crippen LogP contribution in [0, 0.1) is 5.92 Å². The third-order valence-electron chi connectivity index (χ3n) is 6.91. The van der Waals surface area contributed by atoms with Crippen LogP contribution in [0.1, 0.15) is 78.1 Å². The van der Waals surface area contributed by atoms with E-state index in [-0.39, 0.29) is 61.9 Å². The summed E-state index contributed by atoms with van der Waals surface area (Å²) in [6.45, 7) is 4.85. The molecule has 2 heterocycles. The Balaban J connectivity index is 1.75. The molecule has 6 amide bonds. The summed E-state index contributed by atoms with van der Waals surface area (Å²) in [5, 5.41) is 18.5. The first kappa shape index (κ1) is 31.9. The highest BCUT2D eigenvalue weighted by Gasteiger charge is 2.35. The van der Waals surface area contributed by atoms with Crippen molar-refractivity contribution in [1.82, 2.24) is 25.8 Å². The van der Waals surface area contributed by atoms with Crippen LogP contribution < -0.4 is 16.0 Å². The molecule has 0 aliphatic carbocycles. The van der Waals surface area contributed by atoms with Crippen LogP contribution in [0.2, 0.25) is 0 Å². The van der Waals surface area contributed by atoms with Crippen molar-refractivity contribution in [2.24, 2.45) is 5.92 Å². The molecule has 0 bridgehead atoms. The summed E-state index contributed by atoms with van der Waals surface area (Å²) in [6, 6.07) is -0.753. The molecule has 12 heteroatoms. The largest absolute Gasteiger partial charge is 0.373 e. The zero-order valence-corrected chi connectivity index (χ0v) is 23.1. The SMILES string of the molecule is CCCCCCNC(=O)[C@H](CCCCNC(=O)CCN1C(=O)C=CC1=O)NC(=O)CCN1C(=O)CC(C)C1O. The maximum absolute atomic E-state index is 12.8. The van der Waals surface area contributed by atoms with Crippen LogP contribution in [0.5, 0.6) is 0 Å². The number of aliphatic hydroxyl groups is 1. The predicted octanol–water partition coefficient (Wildman–Crippen LogP) is 0.346. The van der Waals surface area contributed by atoms with Crippen molar-refractivity contribution in [3.8, 4) is 0 Å². The molecule has 2 aliphatic rings. The van der Waals surface area contributed by atoms with Gasteiger partial charge in [0, 0.05) is 63.5 Å². The zero-order chi connectivity index (χ0) is 28.8. The second-order valence-corrected chi connectivity index (χ2v) is 10.2. The first-order valence-corrected chi connectivity index (χ1v) is 14.0. The summed E-state index contributed by atoms with van der Waals surface area (Å²) in [5.74, 6) is -2.18. The number of likely N-dealkylation sites (tertiary alicyclic amines) is 1. The summed E-state index contributed by atoms with van der Waals surface area (Å²) in [6.07, 6.45) is 7.19. The molecule has 0 aromatic heterocycles. The molecule has 12 nitrogen and oxygen atoms in total. The van der Waals surface area contributed by atoms with Crippen molar-refractivity contribution in [2.45, 2.75) is 90.3 Å². The number of hydrogen-bond donors (Lipinski definition) is 4. The number of unbranched alkanes of at least 4 members (excludes halogenated alkanes) is 4. The first-order chi connectivity index (χ1) is 18.6. The van der Waals surface area contributed by atoms with Crippen molar-refractivity contribution >= 4 is 35.4 Å². The lowest BCUT2D eigenvalue weighted by molar-refractivity contribution is -0.138. The molecule has 2 unspecified atom stereocenters. The average Bonchev–Trinajstić information content (AvgIpc) is 3.35. The second kappa shape index (κ2) is 16.6. The number of imide groups is 1. The first-order valence-electron chi connectivity index (χ1n) is 14.0. The average molecular weight is 550 g/mol. The van der Waals surface area contributed by atoms with Gasteiger partial charge in [-0.25, -0.2) is 0 Å². The Morgan fingerprint density at radius 3 is 2.21 bits per heavy atom. The molecule has 0 spiro atoms. The van der Waals surface area contributed by atoms with Crippen LogP contribution in [-0.4, -0.2) is 88.8 Å². The lowest BCUT2D eigenvalue weighted by Gasteiger charge is -2.23. The molecule has 2 aliphatic heterocycles. The maximum atomic E-state index is 12.8. The molecule has 0 radical (unpaired) electrons. The van der Waals surface area contributed by atoms with E-state index >= 15 is 0 Å². The number of nitrogens with one attached hydrogen (secondary N) is 3. The minimum absolute atomic E-state index is 0.00523. The van der Waals surface area contributed by atoms with Crippen LogP contribution in [0.15, 0.2) is 12.2 Å². The molecule has 1 fully saturated rings. The Labute approximate surface area is 229 Å². The zero-order valence-electron chi connectivity index (χ0n) is 23.1. The topological polar surface area (TPSA) is 165 Å². The molecule has 3 atom stereocenters. The summed E-state index contributed by atoms with van der Waals surface area (Å²) >= 11 is 0. The minimum Gasteiger partial charge on any atom is -0.373 e. The molecule has 4 N–H and O–H groups in total. The summed E-state index contributed by atoms with van der Waals surface area (Å²) in [7, 11) is 0. The molecule has 2 rings (SSSR count). The van der Waals surface area contributed by atoms with Gasteiger partial charge in [0.2, 0.25) is 23.6 Å². The smallest absolute Gasteiger partial charge is 0.253 e. The Hall–Kier alpha value is -3.28. The third-order valence-corrected chi connectivity index (χ3v) is 6.91. The summed E-state index contributed by atoms with van der Waals surface area (Å²) in [4.78, 5) is 74.9. The predicted molar refractivity (Wildman–Crippen MR) is 143 cm³/mol. The van der Waals surface area contributed by atoms with E-state index < -0.39 is 24.1 Å². The van der Waals surface area contributed by atoms with E-state index in [1.807, 2.05) is 0 Å². The fraction of sp³-hybridized carbons (Fsp3) is 0.704. The van der Waals surface area contributed by atoms with Crippen LogP contribution in [0.4, 0.5) is 0 Å². The van der Waals surface area contributed by atoms with Crippen LogP contribution in [-0.2, 0) is 28.8 Å². The Morgan fingerprint density at radius 1 is 0.923 bits per heavy atom. The van der Waals surface area contributed by atoms with E-state index in [9.17, 15) is 33.9 Å². The lowest BCUT2D eigenvalue weighted by atomic mass is 10.1. The monoisotopic (exact) mass is 549 g/mol. The van der Waals surface area contributed by atoms with Crippen molar-refractivity contribution in [1.29, 1.82) is 0 Å². The van der Waals surface area contributed by atoms with Gasteiger partial charge in [-0.05, 0) is 25.7 Å². The van der Waals surface area contributed by atoms with Crippen molar-refractivity contribution in [3.05, 3.63) is 12.2 Å². The van der Waals surface area contributed by atoms with Gasteiger partial charge in [0.1, 0.15) is 12.3 Å². The number of hydrogen-bond acceptors (Lipinski definition) is 7. The number of nitrogens with zero attached hydrogens (tertiary/aromatic N) is 2. The van der Waals surface area contributed by atoms with E-state index in [1.165, 1.54) is 17.1 Å². The van der Waals surface area contributed by atoms with Crippen molar-refractivity contribution < 1.29 is 33.9 Å². The van der Waals surface area contributed by atoms with E-state index in [2.05, 4.69) is 22.9 Å². The van der Waals surface area contributed by atoms with Crippen LogP contribution in [0.3, 0.4) is 0 Å². The van der Waals surface area contributed by atoms with Crippen molar-refractivity contribution in [2.75, 3.05) is 26.2 Å². The quantitative estimate of drug-likeness (QED) is 0.141. The molecule has 0 saturated carbocycles. The normalized spacial score (nSPS) is 19.5. The van der Waals surface area contributed by atoms with Gasteiger partial charge in [-0.1, -0.05) is 33.1 Å². The Kier molecular flexibility index (Phi) is 13.6. The number of amides is 6. The van der Waals surface area contributed by atoms with E-state index in [0.717, 1.165) is 30.6 Å². The molecule has 218 valence electrons.